The van der Waals surface area contributed by atoms with Crippen LogP contribution in [0.1, 0.15) is 0 Å². The Morgan fingerprint density at radius 2 is 1.22 bits per heavy atom. The molecule has 0 aliphatic carbocycles. The predicted octanol–water partition coefficient (Wildman–Crippen LogP) is 0.513. The standard InChI is InChI=1S/C4N8O6/c13-11(14)5-3-1(7-17-9-3)2-4(6-12(15)16)10-18-8-2/q-2. The van der Waals surface area contributed by atoms with E-state index in [-0.39, 0.29) is 11.4 Å². The van der Waals surface area contributed by atoms with Crippen molar-refractivity contribution in [2.24, 2.45) is 0 Å². The van der Waals surface area contributed by atoms with Gasteiger partial charge in [-0.25, -0.2) is 0 Å². The summed E-state index contributed by atoms with van der Waals surface area (Å²) in [4.78, 5) is 20.4. The second kappa shape index (κ2) is 4.28. The quantitative estimate of drug-likeness (QED) is 0.537. The zero-order valence-electron chi connectivity index (χ0n) is 8.03. The summed E-state index contributed by atoms with van der Waals surface area (Å²) in [7, 11) is 0. The van der Waals surface area contributed by atoms with Gasteiger partial charge in [0.25, 0.3) is 0 Å². The third kappa shape index (κ3) is 2.10. The highest BCUT2D eigenvalue weighted by atomic mass is 16.7. The molecule has 0 unspecified atom stereocenters. The largest absolute Gasteiger partial charge is 0.348 e. The molecule has 0 aliphatic heterocycles. The van der Waals surface area contributed by atoms with Crippen LogP contribution in [0.25, 0.3) is 22.2 Å². The molecule has 0 radical (unpaired) electrons. The Morgan fingerprint density at radius 3 is 1.56 bits per heavy atom. The van der Waals surface area contributed by atoms with Crippen molar-refractivity contribution in [1.29, 1.82) is 0 Å². The zero-order valence-corrected chi connectivity index (χ0v) is 8.03. The highest BCUT2D eigenvalue weighted by molar-refractivity contribution is 5.76. The highest BCUT2D eigenvalue weighted by Crippen LogP contribution is 2.34. The second-order valence-electron chi connectivity index (χ2n) is 2.55. The van der Waals surface area contributed by atoms with Crippen molar-refractivity contribution in [3.8, 4) is 11.4 Å². The monoisotopic (exact) mass is 256 g/mol. The average molecular weight is 256 g/mol. The van der Waals surface area contributed by atoms with Crippen LogP contribution in [-0.4, -0.2) is 30.7 Å². The van der Waals surface area contributed by atoms with Crippen LogP contribution in [0.5, 0.6) is 0 Å². The first-order valence-electron chi connectivity index (χ1n) is 3.95. The van der Waals surface area contributed by atoms with Gasteiger partial charge in [0.15, 0.2) is 0 Å². The fourth-order valence-corrected chi connectivity index (χ4v) is 0.952. The van der Waals surface area contributed by atoms with Crippen molar-refractivity contribution in [3.05, 3.63) is 31.1 Å². The summed E-state index contributed by atoms with van der Waals surface area (Å²) in [5.74, 6) is -1.09. The molecular formula is C4N8O6-2. The van der Waals surface area contributed by atoms with E-state index in [0.29, 0.717) is 0 Å². The van der Waals surface area contributed by atoms with E-state index in [9.17, 15) is 20.2 Å². The maximum absolute atomic E-state index is 10.2. The van der Waals surface area contributed by atoms with Crippen LogP contribution in [0, 0.1) is 20.2 Å². The van der Waals surface area contributed by atoms with Crippen LogP contribution in [0.3, 0.4) is 0 Å². The van der Waals surface area contributed by atoms with Gasteiger partial charge in [-0.15, -0.1) is 10.9 Å². The van der Waals surface area contributed by atoms with Gasteiger partial charge in [0.05, 0.1) is 21.7 Å². The summed E-state index contributed by atoms with van der Waals surface area (Å²) in [6.45, 7) is 0. The number of hydrogen-bond acceptors (Lipinski definition) is 10. The van der Waals surface area contributed by atoms with Gasteiger partial charge in [-0.1, -0.05) is 10.3 Å². The van der Waals surface area contributed by atoms with E-state index in [1.807, 2.05) is 0 Å². The molecule has 0 aliphatic rings. The molecule has 0 bridgehead atoms. The molecule has 0 spiro atoms. The topological polar surface area (TPSA) is 192 Å². The Bertz CT molecular complexity index is 536. The van der Waals surface area contributed by atoms with Crippen molar-refractivity contribution >= 4 is 11.6 Å². The Hall–Kier alpha value is -3.32. The Labute approximate surface area is 95.1 Å². The van der Waals surface area contributed by atoms with Gasteiger partial charge in [0.1, 0.15) is 11.4 Å². The zero-order chi connectivity index (χ0) is 13.1. The third-order valence-electron chi connectivity index (χ3n) is 1.52. The molecule has 0 atom stereocenters. The van der Waals surface area contributed by atoms with Gasteiger partial charge in [-0.2, -0.15) is 0 Å². The highest BCUT2D eigenvalue weighted by Gasteiger charge is 2.16. The summed E-state index contributed by atoms with van der Waals surface area (Å²) in [5.41, 5.74) is 4.95. The van der Waals surface area contributed by atoms with Gasteiger partial charge < -0.3 is 9.26 Å². The fraction of sp³-hybridized carbons (Fsp3) is 0. The van der Waals surface area contributed by atoms with Gasteiger partial charge in [0, 0.05) is 0 Å². The molecule has 0 N–H and O–H groups in total. The van der Waals surface area contributed by atoms with Gasteiger partial charge >= 0.3 is 0 Å². The maximum atomic E-state index is 10.2. The average Bonchev–Trinajstić information content (AvgIpc) is 2.85. The summed E-state index contributed by atoms with van der Waals surface area (Å²) in [5, 5.41) is 31.0. The lowest BCUT2D eigenvalue weighted by atomic mass is 10.3. The minimum atomic E-state index is -1.05. The first-order chi connectivity index (χ1) is 8.58. The normalized spacial score (nSPS) is 10.0. The lowest BCUT2D eigenvalue weighted by Crippen LogP contribution is -1.91. The van der Waals surface area contributed by atoms with Crippen LogP contribution in [-0.2, 0) is 0 Å². The molecule has 0 amide bonds. The Morgan fingerprint density at radius 1 is 0.833 bits per heavy atom. The van der Waals surface area contributed by atoms with Crippen molar-refractivity contribution < 1.29 is 19.3 Å². The van der Waals surface area contributed by atoms with Crippen LogP contribution in [0.4, 0.5) is 11.6 Å². The molecule has 18 heavy (non-hydrogen) atoms. The van der Waals surface area contributed by atoms with Crippen molar-refractivity contribution in [2.75, 3.05) is 0 Å². The molecule has 0 saturated heterocycles. The van der Waals surface area contributed by atoms with Crippen LogP contribution < -0.4 is 0 Å². The number of hydrogen-bond donors (Lipinski definition) is 0. The first kappa shape index (κ1) is 11.2. The second-order valence-corrected chi connectivity index (χ2v) is 2.55. The molecule has 2 aromatic heterocycles. The van der Waals surface area contributed by atoms with Crippen LogP contribution in [0.2, 0.25) is 0 Å². The number of nitrogens with zero attached hydrogens (tertiary/aromatic N) is 8. The fourth-order valence-electron chi connectivity index (χ4n) is 0.952. The van der Waals surface area contributed by atoms with E-state index in [0.717, 1.165) is 0 Å². The van der Waals surface area contributed by atoms with Crippen molar-refractivity contribution in [2.45, 2.75) is 0 Å². The van der Waals surface area contributed by atoms with E-state index in [1.165, 1.54) is 0 Å². The lowest BCUT2D eigenvalue weighted by molar-refractivity contribution is -0.419. The summed E-state index contributed by atoms with van der Waals surface area (Å²) in [6, 6.07) is 0. The van der Waals surface area contributed by atoms with E-state index in [4.69, 9.17) is 0 Å². The van der Waals surface area contributed by atoms with Crippen molar-refractivity contribution in [3.63, 3.8) is 0 Å². The molecule has 14 heteroatoms. The molecule has 14 nitrogen and oxygen atoms in total. The molecule has 2 heterocycles. The molecule has 2 aromatic rings. The smallest absolute Gasteiger partial charge is 0.140 e. The van der Waals surface area contributed by atoms with Crippen LogP contribution in [0.15, 0.2) is 9.26 Å². The van der Waals surface area contributed by atoms with E-state index >= 15 is 0 Å². The molecule has 94 valence electrons. The van der Waals surface area contributed by atoms with E-state index < -0.39 is 21.7 Å². The molecule has 2 rings (SSSR count). The molecule has 0 fully saturated rings. The Kier molecular flexibility index (Phi) is 2.65. The van der Waals surface area contributed by atoms with Crippen molar-refractivity contribution in [1.82, 2.24) is 20.6 Å². The van der Waals surface area contributed by atoms with E-state index in [1.54, 1.807) is 0 Å². The SMILES string of the molecule is O=[N+]([O-])[N-]c1nonc1-c1nonc1[N-][N+](=O)[O-]. The maximum Gasteiger partial charge on any atom is 0.140 e. The summed E-state index contributed by atoms with van der Waals surface area (Å²) >= 11 is 0. The molecule has 0 aromatic carbocycles. The third-order valence-corrected chi connectivity index (χ3v) is 1.52. The number of rotatable bonds is 5. The lowest BCUT2D eigenvalue weighted by Gasteiger charge is -2.02. The predicted molar refractivity (Wildman–Crippen MR) is 47.6 cm³/mol. The number of nitro groups is 2. The van der Waals surface area contributed by atoms with Gasteiger partial charge in [0.2, 0.25) is 0 Å². The Balaban J connectivity index is 2.37. The minimum absolute atomic E-state index is 0.353. The summed E-state index contributed by atoms with van der Waals surface area (Å²) < 4.78 is 8.42. The minimum Gasteiger partial charge on any atom is -0.348 e. The molecule has 0 saturated carbocycles. The van der Waals surface area contributed by atoms with E-state index in [2.05, 4.69) is 40.7 Å². The van der Waals surface area contributed by atoms with Crippen LogP contribution >= 0.6 is 0 Å². The first-order valence-corrected chi connectivity index (χ1v) is 3.95. The summed E-state index contributed by atoms with van der Waals surface area (Å²) in [6.07, 6.45) is 0. The molecular weight excluding hydrogens is 256 g/mol. The van der Waals surface area contributed by atoms with Gasteiger partial charge in [-0.05, 0) is 0 Å². The van der Waals surface area contributed by atoms with Gasteiger partial charge in [-0.3, -0.25) is 30.5 Å². The number of aromatic nitrogens is 4.